The zero-order valence-corrected chi connectivity index (χ0v) is 42.8. The Kier molecular flexibility index (Phi) is 46.6. The fraction of sp³-hybridized carbons (Fsp3) is 0.759. The number of unbranched alkanes of at least 4 members (excludes halogenated alkanes) is 21. The first-order valence-corrected chi connectivity index (χ1v) is 27.7. The number of carbonyl (C=O) groups is 3. The largest absolute Gasteiger partial charge is 0.472 e. The van der Waals surface area contributed by atoms with Crippen LogP contribution in [0.5, 0.6) is 0 Å². The molecule has 0 aromatic rings. The van der Waals surface area contributed by atoms with Crippen LogP contribution < -0.4 is 0 Å². The summed E-state index contributed by atoms with van der Waals surface area (Å²) in [5.74, 6) is -1.50. The van der Waals surface area contributed by atoms with Crippen LogP contribution in [0.15, 0.2) is 60.8 Å². The third-order valence-corrected chi connectivity index (χ3v) is 11.9. The van der Waals surface area contributed by atoms with Crippen LogP contribution >= 0.6 is 7.82 Å². The fourth-order valence-corrected chi connectivity index (χ4v) is 7.72. The lowest BCUT2D eigenvalue weighted by Gasteiger charge is -2.21. The summed E-state index contributed by atoms with van der Waals surface area (Å²) in [6.07, 6.45) is 50.4. The van der Waals surface area contributed by atoms with Crippen LogP contribution in [0.3, 0.4) is 0 Å². The molecule has 0 aromatic heterocycles. The number of esters is 3. The predicted molar refractivity (Wildman–Crippen MR) is 270 cm³/mol. The van der Waals surface area contributed by atoms with Gasteiger partial charge in [-0.2, -0.15) is 0 Å². The van der Waals surface area contributed by atoms with E-state index < -0.39 is 57.8 Å². The van der Waals surface area contributed by atoms with E-state index in [0.717, 1.165) is 116 Å². The van der Waals surface area contributed by atoms with E-state index in [1.165, 1.54) is 51.4 Å². The van der Waals surface area contributed by atoms with Crippen molar-refractivity contribution in [1.29, 1.82) is 0 Å². The number of phosphoric acid groups is 1. The minimum atomic E-state index is -4.75. The van der Waals surface area contributed by atoms with Gasteiger partial charge in [-0.05, 0) is 77.0 Å². The summed E-state index contributed by atoms with van der Waals surface area (Å²) in [6, 6.07) is 0. The molecule has 3 atom stereocenters. The number of hydrogen-bond donors (Lipinski definition) is 2. The molecule has 382 valence electrons. The highest BCUT2D eigenvalue weighted by Gasteiger charge is 2.28. The lowest BCUT2D eigenvalue weighted by Crippen LogP contribution is -2.30. The molecule has 0 fully saturated rings. The number of phosphoric ester groups is 1. The molecule has 0 aromatic carbocycles. The molecule has 0 aliphatic carbocycles. The first kappa shape index (κ1) is 63.2. The maximum absolute atomic E-state index is 12.8. The number of aliphatic hydroxyl groups is 1. The Morgan fingerprint density at radius 1 is 0.439 bits per heavy atom. The Labute approximate surface area is 402 Å². The van der Waals surface area contributed by atoms with Crippen LogP contribution in [0, 0.1) is 0 Å². The highest BCUT2D eigenvalue weighted by molar-refractivity contribution is 7.47. The van der Waals surface area contributed by atoms with E-state index in [9.17, 15) is 28.9 Å². The normalized spacial score (nSPS) is 14.0. The zero-order valence-electron chi connectivity index (χ0n) is 41.9. The van der Waals surface area contributed by atoms with Crippen molar-refractivity contribution in [3.63, 3.8) is 0 Å². The van der Waals surface area contributed by atoms with Gasteiger partial charge < -0.3 is 24.2 Å². The van der Waals surface area contributed by atoms with E-state index in [1.807, 2.05) is 0 Å². The number of carbonyl (C=O) groups excluding carboxylic acids is 3. The quantitative estimate of drug-likeness (QED) is 0.0197. The van der Waals surface area contributed by atoms with Crippen molar-refractivity contribution in [3.05, 3.63) is 60.8 Å². The summed E-state index contributed by atoms with van der Waals surface area (Å²) in [6.45, 7) is 4.41. The SMILES string of the molecule is CC/C=C\C/C=C\C/C=C\CCCCCCCC(=O)OC(COC(=O)CCCCCCCCCCCCC)COP(=O)(O)OCC(CO)OC(=O)CCCCCCC/C=C\C/C=C\CCC. The smallest absolute Gasteiger partial charge is 0.462 e. The summed E-state index contributed by atoms with van der Waals surface area (Å²) >= 11 is 0. The van der Waals surface area contributed by atoms with Crippen molar-refractivity contribution in [1.82, 2.24) is 0 Å². The van der Waals surface area contributed by atoms with Crippen molar-refractivity contribution in [2.45, 2.75) is 238 Å². The number of hydrogen-bond acceptors (Lipinski definition) is 10. The molecule has 0 amide bonds. The Bertz CT molecular complexity index is 1340. The molecule has 3 unspecified atom stereocenters. The van der Waals surface area contributed by atoms with Crippen molar-refractivity contribution in [2.24, 2.45) is 0 Å². The van der Waals surface area contributed by atoms with Gasteiger partial charge >= 0.3 is 25.7 Å². The van der Waals surface area contributed by atoms with Gasteiger partial charge in [0, 0.05) is 19.3 Å². The average Bonchev–Trinajstić information content (AvgIpc) is 3.30. The summed E-state index contributed by atoms with van der Waals surface area (Å²) in [5.41, 5.74) is 0. The zero-order chi connectivity index (χ0) is 48.4. The molecule has 66 heavy (non-hydrogen) atoms. The second-order valence-electron chi connectivity index (χ2n) is 17.3. The van der Waals surface area contributed by atoms with Crippen LogP contribution in [0.1, 0.15) is 226 Å². The van der Waals surface area contributed by atoms with Crippen LogP contribution in [-0.2, 0) is 42.2 Å². The fourth-order valence-electron chi connectivity index (χ4n) is 6.94. The van der Waals surface area contributed by atoms with Gasteiger partial charge in [0.05, 0.1) is 19.8 Å². The van der Waals surface area contributed by atoms with E-state index in [2.05, 4.69) is 81.5 Å². The highest BCUT2D eigenvalue weighted by atomic mass is 31.2. The van der Waals surface area contributed by atoms with Crippen LogP contribution in [0.4, 0.5) is 0 Å². The molecule has 0 radical (unpaired) electrons. The molecule has 0 rings (SSSR count). The maximum atomic E-state index is 12.8. The Morgan fingerprint density at radius 3 is 1.27 bits per heavy atom. The van der Waals surface area contributed by atoms with E-state index in [4.69, 9.17) is 23.3 Å². The molecule has 0 aliphatic rings. The predicted octanol–water partition coefficient (Wildman–Crippen LogP) is 14.8. The summed E-state index contributed by atoms with van der Waals surface area (Å²) < 4.78 is 39.3. The van der Waals surface area contributed by atoms with Gasteiger partial charge in [-0.1, -0.05) is 191 Å². The number of allylic oxidation sites excluding steroid dienone is 10. The van der Waals surface area contributed by atoms with Crippen LogP contribution in [-0.4, -0.2) is 66.5 Å². The lowest BCUT2D eigenvalue weighted by molar-refractivity contribution is -0.161. The van der Waals surface area contributed by atoms with Gasteiger partial charge in [0.25, 0.3) is 0 Å². The molecule has 12 heteroatoms. The Balaban J connectivity index is 4.76. The van der Waals surface area contributed by atoms with Gasteiger partial charge in [0.2, 0.25) is 0 Å². The number of rotatable bonds is 48. The van der Waals surface area contributed by atoms with Crippen LogP contribution in [0.2, 0.25) is 0 Å². The van der Waals surface area contributed by atoms with Crippen molar-refractivity contribution in [2.75, 3.05) is 26.4 Å². The summed E-state index contributed by atoms with van der Waals surface area (Å²) in [5, 5.41) is 9.77. The molecule has 0 spiro atoms. The highest BCUT2D eigenvalue weighted by Crippen LogP contribution is 2.43. The number of aliphatic hydroxyl groups excluding tert-OH is 1. The molecule has 0 aliphatic heterocycles. The monoisotopic (exact) mass is 951 g/mol. The van der Waals surface area contributed by atoms with Gasteiger partial charge in [-0.25, -0.2) is 4.57 Å². The average molecular weight is 951 g/mol. The first-order valence-electron chi connectivity index (χ1n) is 26.2. The molecule has 0 saturated carbocycles. The first-order chi connectivity index (χ1) is 32.2. The molecule has 0 bridgehead atoms. The van der Waals surface area contributed by atoms with E-state index in [0.29, 0.717) is 19.3 Å². The second kappa shape index (κ2) is 48.6. The van der Waals surface area contributed by atoms with Crippen molar-refractivity contribution >= 4 is 25.7 Å². The molecular formula is C54H95O11P. The standard InChI is InChI=1S/C54H95O11P/c1-4-7-10-13-16-19-22-24-25-27-30-33-36-39-42-45-54(58)65-51(47-61-52(56)43-40-37-34-31-28-21-18-15-12-9-6-3)49-63-66(59,60)62-48-50(46-55)64-53(57)44-41-38-35-32-29-26-23-20-17-14-11-8-5-2/h7,10-11,14,16,19-20,23-25,50-51,55H,4-6,8-9,12-13,15,17-18,21-22,26-49H2,1-3H3,(H,59,60)/b10-7-,14-11-,19-16-,23-20-,25-24-. The second-order valence-corrected chi connectivity index (χ2v) is 18.8. The van der Waals surface area contributed by atoms with Crippen molar-refractivity contribution in [3.8, 4) is 0 Å². The van der Waals surface area contributed by atoms with E-state index in [-0.39, 0.29) is 25.9 Å². The topological polar surface area (TPSA) is 155 Å². The van der Waals surface area contributed by atoms with Gasteiger partial charge in [-0.15, -0.1) is 0 Å². The molecule has 0 heterocycles. The van der Waals surface area contributed by atoms with E-state index >= 15 is 0 Å². The Morgan fingerprint density at radius 2 is 0.818 bits per heavy atom. The van der Waals surface area contributed by atoms with Gasteiger partial charge in [-0.3, -0.25) is 23.4 Å². The van der Waals surface area contributed by atoms with Gasteiger partial charge in [0.15, 0.2) is 6.10 Å². The maximum Gasteiger partial charge on any atom is 0.472 e. The number of ether oxygens (including phenoxy) is 3. The minimum Gasteiger partial charge on any atom is -0.462 e. The van der Waals surface area contributed by atoms with Crippen LogP contribution in [0.25, 0.3) is 0 Å². The molecule has 2 N–H and O–H groups in total. The third-order valence-electron chi connectivity index (χ3n) is 10.9. The third kappa shape index (κ3) is 46.3. The van der Waals surface area contributed by atoms with Crippen molar-refractivity contribution < 1.29 is 52.2 Å². The molecule has 11 nitrogen and oxygen atoms in total. The summed E-state index contributed by atoms with van der Waals surface area (Å²) in [7, 11) is -4.75. The van der Waals surface area contributed by atoms with E-state index in [1.54, 1.807) is 0 Å². The molecular weight excluding hydrogens is 856 g/mol. The Hall–Kier alpha value is -2.82. The molecule has 0 saturated heterocycles. The summed E-state index contributed by atoms with van der Waals surface area (Å²) in [4.78, 5) is 48.3. The minimum absolute atomic E-state index is 0.148. The lowest BCUT2D eigenvalue weighted by atomic mass is 10.1. The van der Waals surface area contributed by atoms with Gasteiger partial charge in [0.1, 0.15) is 12.7 Å².